The van der Waals surface area contributed by atoms with E-state index in [2.05, 4.69) is 41.9 Å². The number of hydrogen-bond donors (Lipinski definition) is 0. The second-order valence-electron chi connectivity index (χ2n) is 8.00. The molecule has 0 N–H and O–H groups in total. The number of aryl methyl sites for hydroxylation is 2. The Labute approximate surface area is 176 Å². The van der Waals surface area contributed by atoms with Crippen LogP contribution < -0.4 is 10.5 Å². The quantitative estimate of drug-likeness (QED) is 0.671. The molecule has 156 valence electrons. The fourth-order valence-electron chi connectivity index (χ4n) is 4.14. The largest absolute Gasteiger partial charge is 0.368 e. The summed E-state index contributed by atoms with van der Waals surface area (Å²) in [5, 5.41) is 0.609. The molecule has 0 atom stereocenters. The number of rotatable bonds is 4. The number of fused-ring (bicyclic) bond motifs is 1. The topological polar surface area (TPSA) is 58.4 Å². The zero-order valence-corrected chi connectivity index (χ0v) is 17.9. The van der Waals surface area contributed by atoms with Gasteiger partial charge in [0.25, 0.3) is 5.56 Å². The van der Waals surface area contributed by atoms with E-state index in [-0.39, 0.29) is 11.5 Å². The van der Waals surface area contributed by atoms with Crippen LogP contribution in [0.1, 0.15) is 23.4 Å². The van der Waals surface area contributed by atoms with Crippen molar-refractivity contribution >= 4 is 22.5 Å². The van der Waals surface area contributed by atoms with E-state index in [9.17, 15) is 9.59 Å². The standard InChI is InChI=1S/C24H28N4O2/c1-17-7-6-10-21(18(17)2)27-13-15-28(16-14-27)23(29)12-11-22-25-20-9-5-4-8-19(20)24(30)26(22)3/h4-10H,11-16H2,1-3H3. The lowest BCUT2D eigenvalue weighted by Gasteiger charge is -2.37. The highest BCUT2D eigenvalue weighted by Gasteiger charge is 2.22. The van der Waals surface area contributed by atoms with Crippen LogP contribution in [0, 0.1) is 13.8 Å². The Hall–Kier alpha value is -3.15. The number of piperazine rings is 1. The molecular weight excluding hydrogens is 376 g/mol. The molecule has 1 aliphatic heterocycles. The van der Waals surface area contributed by atoms with Crippen LogP contribution in [-0.2, 0) is 18.3 Å². The maximum Gasteiger partial charge on any atom is 0.261 e. The highest BCUT2D eigenvalue weighted by atomic mass is 16.2. The van der Waals surface area contributed by atoms with Crippen LogP contribution in [0.5, 0.6) is 0 Å². The predicted molar refractivity (Wildman–Crippen MR) is 120 cm³/mol. The minimum absolute atomic E-state index is 0.0646. The van der Waals surface area contributed by atoms with Gasteiger partial charge in [0.15, 0.2) is 0 Å². The van der Waals surface area contributed by atoms with Crippen LogP contribution in [0.2, 0.25) is 0 Å². The van der Waals surface area contributed by atoms with Crippen LogP contribution >= 0.6 is 0 Å². The number of nitrogens with zero attached hydrogens (tertiary/aromatic N) is 4. The van der Waals surface area contributed by atoms with Gasteiger partial charge in [-0.2, -0.15) is 0 Å². The Kier molecular flexibility index (Phi) is 5.57. The maximum absolute atomic E-state index is 12.8. The monoisotopic (exact) mass is 404 g/mol. The fourth-order valence-corrected chi connectivity index (χ4v) is 4.14. The van der Waals surface area contributed by atoms with Crippen molar-refractivity contribution in [2.45, 2.75) is 26.7 Å². The van der Waals surface area contributed by atoms with Gasteiger partial charge in [-0.05, 0) is 43.2 Å². The van der Waals surface area contributed by atoms with Gasteiger partial charge in [-0.1, -0.05) is 24.3 Å². The van der Waals surface area contributed by atoms with Crippen molar-refractivity contribution in [3.8, 4) is 0 Å². The summed E-state index contributed by atoms with van der Waals surface area (Å²) in [5.74, 6) is 0.777. The van der Waals surface area contributed by atoms with Gasteiger partial charge in [0, 0.05) is 51.8 Å². The number of hydrogen-bond acceptors (Lipinski definition) is 4. The minimum atomic E-state index is -0.0646. The van der Waals surface area contributed by atoms with Gasteiger partial charge in [0.05, 0.1) is 10.9 Å². The lowest BCUT2D eigenvalue weighted by molar-refractivity contribution is -0.131. The lowest BCUT2D eigenvalue weighted by Crippen LogP contribution is -2.49. The van der Waals surface area contributed by atoms with Crippen LogP contribution in [0.15, 0.2) is 47.3 Å². The Morgan fingerprint density at radius 2 is 1.73 bits per heavy atom. The van der Waals surface area contributed by atoms with Crippen LogP contribution in [0.25, 0.3) is 10.9 Å². The number of carbonyl (C=O) groups excluding carboxylic acids is 1. The van der Waals surface area contributed by atoms with Gasteiger partial charge in [-0.15, -0.1) is 0 Å². The van der Waals surface area contributed by atoms with Crippen molar-refractivity contribution < 1.29 is 4.79 Å². The molecule has 4 rings (SSSR count). The molecule has 0 radical (unpaired) electrons. The smallest absolute Gasteiger partial charge is 0.261 e. The molecule has 0 bridgehead atoms. The van der Waals surface area contributed by atoms with Crippen molar-refractivity contribution in [1.29, 1.82) is 0 Å². The van der Waals surface area contributed by atoms with E-state index in [0.29, 0.717) is 29.6 Å². The van der Waals surface area contributed by atoms with Crippen LogP contribution in [-0.4, -0.2) is 46.5 Å². The first-order valence-electron chi connectivity index (χ1n) is 10.5. The van der Waals surface area contributed by atoms with Gasteiger partial charge < -0.3 is 9.80 Å². The normalized spacial score (nSPS) is 14.4. The fraction of sp³-hybridized carbons (Fsp3) is 0.375. The molecule has 1 fully saturated rings. The Bertz CT molecular complexity index is 1140. The zero-order valence-electron chi connectivity index (χ0n) is 17.9. The van der Waals surface area contributed by atoms with Crippen LogP contribution in [0.4, 0.5) is 5.69 Å². The Morgan fingerprint density at radius 3 is 2.50 bits per heavy atom. The van der Waals surface area contributed by atoms with E-state index in [1.54, 1.807) is 17.7 Å². The third-order valence-electron chi connectivity index (χ3n) is 6.19. The summed E-state index contributed by atoms with van der Waals surface area (Å²) in [6.45, 7) is 7.40. The summed E-state index contributed by atoms with van der Waals surface area (Å²) in [5.41, 5.74) is 4.48. The summed E-state index contributed by atoms with van der Waals surface area (Å²) >= 11 is 0. The average Bonchev–Trinajstić information content (AvgIpc) is 2.77. The number of benzene rings is 2. The zero-order chi connectivity index (χ0) is 21.3. The van der Waals surface area contributed by atoms with E-state index >= 15 is 0 Å². The highest BCUT2D eigenvalue weighted by Crippen LogP contribution is 2.24. The molecule has 1 amide bonds. The van der Waals surface area contributed by atoms with Crippen molar-refractivity contribution in [2.24, 2.45) is 7.05 Å². The summed E-state index contributed by atoms with van der Waals surface area (Å²) in [7, 11) is 1.73. The minimum Gasteiger partial charge on any atom is -0.368 e. The Balaban J connectivity index is 1.39. The maximum atomic E-state index is 12.8. The van der Waals surface area contributed by atoms with Gasteiger partial charge in [-0.25, -0.2) is 4.98 Å². The van der Waals surface area contributed by atoms with Crippen molar-refractivity contribution in [1.82, 2.24) is 14.5 Å². The molecule has 1 aromatic heterocycles. The molecule has 6 nitrogen and oxygen atoms in total. The van der Waals surface area contributed by atoms with E-state index in [0.717, 1.165) is 26.2 Å². The Morgan fingerprint density at radius 1 is 1.00 bits per heavy atom. The van der Waals surface area contributed by atoms with E-state index in [4.69, 9.17) is 0 Å². The molecular formula is C24H28N4O2. The SMILES string of the molecule is Cc1cccc(N2CCN(C(=O)CCc3nc4ccccc4c(=O)n3C)CC2)c1C. The number of carbonyl (C=O) groups is 1. The van der Waals surface area contributed by atoms with Crippen molar-refractivity contribution in [3.63, 3.8) is 0 Å². The average molecular weight is 405 g/mol. The van der Waals surface area contributed by atoms with Crippen LogP contribution in [0.3, 0.4) is 0 Å². The third kappa shape index (κ3) is 3.82. The second kappa shape index (κ2) is 8.30. The predicted octanol–water partition coefficient (Wildman–Crippen LogP) is 2.83. The number of aromatic nitrogens is 2. The first kappa shape index (κ1) is 20.1. The second-order valence-corrected chi connectivity index (χ2v) is 8.00. The molecule has 1 saturated heterocycles. The first-order chi connectivity index (χ1) is 14.5. The molecule has 3 aromatic rings. The van der Waals surface area contributed by atoms with E-state index in [1.165, 1.54) is 16.8 Å². The summed E-state index contributed by atoms with van der Waals surface area (Å²) in [4.78, 5) is 34.2. The van der Waals surface area contributed by atoms with Crippen molar-refractivity contribution in [3.05, 3.63) is 69.8 Å². The van der Waals surface area contributed by atoms with Gasteiger partial charge >= 0.3 is 0 Å². The van der Waals surface area contributed by atoms with E-state index < -0.39 is 0 Å². The molecule has 0 spiro atoms. The molecule has 2 heterocycles. The number of amides is 1. The molecule has 0 aliphatic carbocycles. The van der Waals surface area contributed by atoms with Gasteiger partial charge in [-0.3, -0.25) is 14.2 Å². The van der Waals surface area contributed by atoms with Gasteiger partial charge in [0.1, 0.15) is 5.82 Å². The van der Waals surface area contributed by atoms with Gasteiger partial charge in [0.2, 0.25) is 5.91 Å². The highest BCUT2D eigenvalue weighted by molar-refractivity contribution is 5.78. The first-order valence-corrected chi connectivity index (χ1v) is 10.5. The molecule has 30 heavy (non-hydrogen) atoms. The molecule has 1 aliphatic rings. The summed E-state index contributed by atoms with van der Waals surface area (Å²) in [6.07, 6.45) is 0.828. The lowest BCUT2D eigenvalue weighted by atomic mass is 10.1. The third-order valence-corrected chi connectivity index (χ3v) is 6.19. The molecule has 6 heteroatoms. The molecule has 0 saturated carbocycles. The van der Waals surface area contributed by atoms with Crippen molar-refractivity contribution in [2.75, 3.05) is 31.1 Å². The summed E-state index contributed by atoms with van der Waals surface area (Å²) < 4.78 is 1.56. The molecule has 2 aromatic carbocycles. The van der Waals surface area contributed by atoms with E-state index in [1.807, 2.05) is 23.1 Å². The number of anilines is 1. The summed E-state index contributed by atoms with van der Waals surface area (Å²) in [6, 6.07) is 13.7. The number of para-hydroxylation sites is 1. The molecule has 0 unspecified atom stereocenters.